The summed E-state index contributed by atoms with van der Waals surface area (Å²) in [5.41, 5.74) is 4.26. The van der Waals surface area contributed by atoms with E-state index in [9.17, 15) is 19.5 Å². The van der Waals surface area contributed by atoms with Gasteiger partial charge in [-0.1, -0.05) is 70.7 Å². The standard InChI is InChI=1S/C39H30Cl3N3O6/c1-51-26-13-4-21(5-14-26)39-30(36(48)45(38(39)50)43-32-17-8-23(41)18-31(32)42)19-29-27(34(39)20-2-11-25(46)12-3-20)15-16-28-33(29)37(49)44(35(28)47)24-9-6-22(40)7-10-24/h2-15,17-18,28-30,33-34,43,46H,16,19H2,1H3. The third kappa shape index (κ3) is 5.05. The molecule has 8 rings (SSSR count). The molecule has 4 aliphatic rings. The van der Waals surface area contributed by atoms with Gasteiger partial charge in [0, 0.05) is 16.0 Å². The molecular formula is C39H30Cl3N3O6. The summed E-state index contributed by atoms with van der Waals surface area (Å²) in [4.78, 5) is 59.6. The number of nitrogens with zero attached hydrogens (tertiary/aromatic N) is 2. The molecule has 258 valence electrons. The second kappa shape index (κ2) is 12.4. The number of amides is 4. The molecule has 4 aromatic carbocycles. The summed E-state index contributed by atoms with van der Waals surface area (Å²) in [5.74, 6) is -4.78. The van der Waals surface area contributed by atoms with Crippen molar-refractivity contribution in [3.63, 3.8) is 0 Å². The van der Waals surface area contributed by atoms with Gasteiger partial charge in [-0.25, -0.2) is 0 Å². The molecule has 6 atom stereocenters. The Morgan fingerprint density at radius 2 is 1.49 bits per heavy atom. The first-order valence-electron chi connectivity index (χ1n) is 16.4. The van der Waals surface area contributed by atoms with Gasteiger partial charge in [0.2, 0.25) is 11.8 Å². The Kier molecular flexibility index (Phi) is 8.13. The number of phenols is 1. The van der Waals surface area contributed by atoms with E-state index in [4.69, 9.17) is 39.5 Å². The molecule has 2 N–H and O–H groups in total. The number of halogens is 3. The maximum absolute atomic E-state index is 15.3. The summed E-state index contributed by atoms with van der Waals surface area (Å²) in [6.07, 6.45) is 2.37. The van der Waals surface area contributed by atoms with Gasteiger partial charge in [-0.3, -0.25) is 29.5 Å². The van der Waals surface area contributed by atoms with Crippen LogP contribution in [0, 0.1) is 23.7 Å². The molecule has 2 heterocycles. The van der Waals surface area contributed by atoms with Crippen molar-refractivity contribution < 1.29 is 29.0 Å². The van der Waals surface area contributed by atoms with Gasteiger partial charge in [-0.15, -0.1) is 0 Å². The van der Waals surface area contributed by atoms with Gasteiger partial charge >= 0.3 is 0 Å². The lowest BCUT2D eigenvalue weighted by molar-refractivity contribution is -0.138. The van der Waals surface area contributed by atoms with Crippen LogP contribution < -0.4 is 15.1 Å². The van der Waals surface area contributed by atoms with Crippen LogP contribution in [-0.2, 0) is 24.6 Å². The van der Waals surface area contributed by atoms with Crippen molar-refractivity contribution in [3.05, 3.63) is 129 Å². The number of phenolic OH excluding ortho intramolecular Hbond substituents is 1. The predicted molar refractivity (Wildman–Crippen MR) is 193 cm³/mol. The van der Waals surface area contributed by atoms with Crippen molar-refractivity contribution in [2.24, 2.45) is 23.7 Å². The SMILES string of the molecule is COc1ccc(C23C(=O)N(Nc4ccc(Cl)cc4Cl)C(=O)C2CC2C(=CCC4C(=O)N(c5ccc(Cl)cc5)C(=O)C42)C3c2ccc(O)cc2)cc1. The zero-order valence-corrected chi connectivity index (χ0v) is 29.3. The number of allylic oxidation sites excluding steroid dienone is 2. The Labute approximate surface area is 308 Å². The topological polar surface area (TPSA) is 116 Å². The van der Waals surface area contributed by atoms with Crippen LogP contribution in [0.5, 0.6) is 11.5 Å². The minimum atomic E-state index is -1.50. The van der Waals surface area contributed by atoms with E-state index in [1.54, 1.807) is 92.0 Å². The number of carbonyl (C=O) groups is 4. The first kappa shape index (κ1) is 33.3. The van der Waals surface area contributed by atoms with E-state index >= 15 is 4.79 Å². The minimum Gasteiger partial charge on any atom is -0.508 e. The Balaban J connectivity index is 1.32. The molecule has 1 saturated carbocycles. The minimum absolute atomic E-state index is 0.0310. The first-order chi connectivity index (χ1) is 24.5. The van der Waals surface area contributed by atoms with Crippen LogP contribution in [0.1, 0.15) is 29.9 Å². The number of methoxy groups -OCH3 is 1. The van der Waals surface area contributed by atoms with Crippen molar-refractivity contribution in [1.82, 2.24) is 5.01 Å². The lowest BCUT2D eigenvalue weighted by atomic mass is 9.49. The van der Waals surface area contributed by atoms with Gasteiger partial charge in [0.05, 0.1) is 46.7 Å². The average Bonchev–Trinajstić information content (AvgIpc) is 3.51. The predicted octanol–water partition coefficient (Wildman–Crippen LogP) is 7.55. The van der Waals surface area contributed by atoms with Gasteiger partial charge in [-0.05, 0) is 96.6 Å². The van der Waals surface area contributed by atoms with Crippen molar-refractivity contribution in [2.45, 2.75) is 24.2 Å². The highest BCUT2D eigenvalue weighted by Crippen LogP contribution is 2.64. The first-order valence-corrected chi connectivity index (χ1v) is 17.5. The highest BCUT2D eigenvalue weighted by molar-refractivity contribution is 6.36. The molecule has 2 aliphatic heterocycles. The molecule has 4 aromatic rings. The van der Waals surface area contributed by atoms with Crippen LogP contribution in [0.3, 0.4) is 0 Å². The van der Waals surface area contributed by atoms with Crippen molar-refractivity contribution in [2.75, 3.05) is 17.4 Å². The van der Waals surface area contributed by atoms with E-state index in [0.717, 1.165) is 10.6 Å². The van der Waals surface area contributed by atoms with Crippen LogP contribution in [0.2, 0.25) is 15.1 Å². The summed E-state index contributed by atoms with van der Waals surface area (Å²) in [5, 5.41) is 12.4. The number of hydrazine groups is 1. The monoisotopic (exact) mass is 741 g/mol. The van der Waals surface area contributed by atoms with Crippen LogP contribution in [-0.4, -0.2) is 40.9 Å². The molecule has 12 heteroatoms. The maximum atomic E-state index is 15.3. The molecule has 0 spiro atoms. The number of carbonyl (C=O) groups excluding carboxylic acids is 4. The largest absolute Gasteiger partial charge is 0.508 e. The molecule has 0 radical (unpaired) electrons. The Morgan fingerprint density at radius 3 is 2.16 bits per heavy atom. The van der Waals surface area contributed by atoms with Crippen molar-refractivity contribution >= 4 is 69.8 Å². The van der Waals surface area contributed by atoms with Crippen molar-refractivity contribution in [1.29, 1.82) is 0 Å². The maximum Gasteiger partial charge on any atom is 0.260 e. The molecule has 3 fully saturated rings. The normalized spacial score (nSPS) is 26.8. The van der Waals surface area contributed by atoms with E-state index < -0.39 is 46.8 Å². The van der Waals surface area contributed by atoms with Crippen LogP contribution >= 0.6 is 34.8 Å². The van der Waals surface area contributed by atoms with E-state index in [0.29, 0.717) is 38.3 Å². The van der Waals surface area contributed by atoms with Crippen LogP contribution in [0.15, 0.2) is 103 Å². The summed E-state index contributed by atoms with van der Waals surface area (Å²) in [6.45, 7) is 0. The highest BCUT2D eigenvalue weighted by atomic mass is 35.5. The average molecular weight is 743 g/mol. The summed E-state index contributed by atoms with van der Waals surface area (Å²) in [7, 11) is 1.54. The molecule has 2 aliphatic carbocycles. The number of benzene rings is 4. The van der Waals surface area contributed by atoms with Gasteiger partial charge in [-0.2, -0.15) is 5.01 Å². The zero-order valence-electron chi connectivity index (χ0n) is 27.1. The van der Waals surface area contributed by atoms with Gasteiger partial charge in [0.25, 0.3) is 11.8 Å². The third-order valence-corrected chi connectivity index (χ3v) is 11.7. The van der Waals surface area contributed by atoms with E-state index in [-0.39, 0.29) is 35.4 Å². The number of aromatic hydroxyl groups is 1. The quantitative estimate of drug-likeness (QED) is 0.155. The number of hydrogen-bond acceptors (Lipinski definition) is 7. The lowest BCUT2D eigenvalue weighted by Crippen LogP contribution is -2.53. The summed E-state index contributed by atoms with van der Waals surface area (Å²) >= 11 is 18.8. The molecule has 6 unspecified atom stereocenters. The lowest BCUT2D eigenvalue weighted by Gasteiger charge is -2.50. The summed E-state index contributed by atoms with van der Waals surface area (Å²) in [6, 6.07) is 24.9. The Morgan fingerprint density at radius 1 is 0.804 bits per heavy atom. The Hall–Kier alpha value is -4.83. The number of imide groups is 2. The van der Waals surface area contributed by atoms with Crippen LogP contribution in [0.25, 0.3) is 0 Å². The van der Waals surface area contributed by atoms with E-state index in [1.807, 2.05) is 6.08 Å². The van der Waals surface area contributed by atoms with E-state index in [2.05, 4.69) is 5.43 Å². The number of ether oxygens (including phenoxy) is 1. The Bertz CT molecular complexity index is 2140. The number of fused-ring (bicyclic) bond motifs is 4. The number of nitrogens with one attached hydrogen (secondary N) is 1. The molecule has 4 amide bonds. The molecule has 0 bridgehead atoms. The fourth-order valence-corrected chi connectivity index (χ4v) is 9.31. The van der Waals surface area contributed by atoms with Gasteiger partial charge < -0.3 is 9.84 Å². The molecule has 9 nitrogen and oxygen atoms in total. The fraction of sp³-hybridized carbons (Fsp3) is 0.231. The van der Waals surface area contributed by atoms with Crippen LogP contribution in [0.4, 0.5) is 11.4 Å². The second-order valence-electron chi connectivity index (χ2n) is 13.3. The second-order valence-corrected chi connectivity index (χ2v) is 14.6. The molecule has 0 aromatic heterocycles. The third-order valence-electron chi connectivity index (χ3n) is 10.9. The zero-order chi connectivity index (χ0) is 35.8. The number of anilines is 2. The molecule has 2 saturated heterocycles. The highest BCUT2D eigenvalue weighted by Gasteiger charge is 2.70. The van der Waals surface area contributed by atoms with Gasteiger partial charge in [0.15, 0.2) is 0 Å². The molecule has 51 heavy (non-hydrogen) atoms. The van der Waals surface area contributed by atoms with Crippen molar-refractivity contribution in [3.8, 4) is 11.5 Å². The van der Waals surface area contributed by atoms with Gasteiger partial charge in [0.1, 0.15) is 11.5 Å². The summed E-state index contributed by atoms with van der Waals surface area (Å²) < 4.78 is 5.45. The number of hydrogen-bond donors (Lipinski definition) is 2. The molecular weight excluding hydrogens is 713 g/mol. The number of rotatable bonds is 6. The van der Waals surface area contributed by atoms with E-state index in [1.165, 1.54) is 11.0 Å². The fourth-order valence-electron chi connectivity index (χ4n) is 8.73. The smallest absolute Gasteiger partial charge is 0.260 e.